The molecular weight excluding hydrogens is 256 g/mol. The summed E-state index contributed by atoms with van der Waals surface area (Å²) >= 11 is 0. The van der Waals surface area contributed by atoms with E-state index in [1.54, 1.807) is 0 Å². The van der Waals surface area contributed by atoms with Crippen LogP contribution in [0.15, 0.2) is 24.3 Å². The third-order valence-electron chi connectivity index (χ3n) is 1.79. The summed E-state index contributed by atoms with van der Waals surface area (Å²) in [6.45, 7) is 0. The highest BCUT2D eigenvalue weighted by atomic mass is 19.4. The molecule has 1 aromatic carbocycles. The van der Waals surface area contributed by atoms with Crippen LogP contribution in [-0.4, -0.2) is 19.4 Å². The molecule has 0 fully saturated rings. The highest BCUT2D eigenvalue weighted by Crippen LogP contribution is 2.26. The fourth-order valence-corrected chi connectivity index (χ4v) is 1.06. The van der Waals surface area contributed by atoms with Crippen LogP contribution in [0.5, 0.6) is 5.75 Å². The van der Waals surface area contributed by atoms with Crippen LogP contribution in [0.2, 0.25) is 0 Å². The molecule has 0 heterocycles. The monoisotopic (exact) mass is 264 g/mol. The van der Waals surface area contributed by atoms with Crippen molar-refractivity contribution in [1.82, 2.24) is 0 Å². The molecule has 7 heteroatoms. The zero-order chi connectivity index (χ0) is 13.8. The van der Waals surface area contributed by atoms with Crippen molar-refractivity contribution < 1.29 is 31.8 Å². The molecule has 0 aliphatic rings. The molecule has 0 spiro atoms. The van der Waals surface area contributed by atoms with E-state index in [9.17, 15) is 22.4 Å². The molecule has 1 aromatic rings. The Bertz CT molecular complexity index is 466. The van der Waals surface area contributed by atoms with E-state index >= 15 is 0 Å². The van der Waals surface area contributed by atoms with Crippen molar-refractivity contribution in [1.29, 1.82) is 0 Å². The van der Waals surface area contributed by atoms with E-state index in [1.165, 1.54) is 12.1 Å². The second-order valence-corrected chi connectivity index (χ2v) is 3.09. The van der Waals surface area contributed by atoms with Crippen LogP contribution in [0.3, 0.4) is 0 Å². The molecule has 0 unspecified atom stereocenters. The van der Waals surface area contributed by atoms with Gasteiger partial charge in [-0.05, 0) is 23.8 Å². The predicted octanol–water partition coefficient (Wildman–Crippen LogP) is 2.91. The molecule has 0 atom stereocenters. The molecule has 0 N–H and O–H groups in total. The van der Waals surface area contributed by atoms with Gasteiger partial charge in [0.25, 0.3) is 0 Å². The molecule has 98 valence electrons. The SMILES string of the molecule is COC(=O)C=Cc1ccc(OC(F)(F)F)c(F)c1. The molecule has 0 aliphatic carbocycles. The fraction of sp³-hybridized carbons (Fsp3) is 0.182. The summed E-state index contributed by atoms with van der Waals surface area (Å²) in [7, 11) is 1.16. The highest BCUT2D eigenvalue weighted by molar-refractivity contribution is 5.86. The van der Waals surface area contributed by atoms with E-state index in [1.807, 2.05) is 0 Å². The lowest BCUT2D eigenvalue weighted by molar-refractivity contribution is -0.275. The quantitative estimate of drug-likeness (QED) is 0.478. The largest absolute Gasteiger partial charge is 0.573 e. The molecule has 18 heavy (non-hydrogen) atoms. The molecule has 0 bridgehead atoms. The van der Waals surface area contributed by atoms with Crippen LogP contribution < -0.4 is 4.74 Å². The van der Waals surface area contributed by atoms with E-state index in [-0.39, 0.29) is 5.56 Å². The van der Waals surface area contributed by atoms with Crippen molar-refractivity contribution in [3.05, 3.63) is 35.7 Å². The Kier molecular flexibility index (Phi) is 4.30. The van der Waals surface area contributed by atoms with Crippen LogP contribution in [0.25, 0.3) is 6.08 Å². The zero-order valence-corrected chi connectivity index (χ0v) is 9.12. The van der Waals surface area contributed by atoms with Gasteiger partial charge in [-0.2, -0.15) is 0 Å². The minimum absolute atomic E-state index is 0.201. The normalized spacial score (nSPS) is 11.6. The molecule has 0 aliphatic heterocycles. The number of rotatable bonds is 3. The first-order valence-corrected chi connectivity index (χ1v) is 4.63. The van der Waals surface area contributed by atoms with Gasteiger partial charge in [-0.25, -0.2) is 9.18 Å². The van der Waals surface area contributed by atoms with Crippen LogP contribution in [0.1, 0.15) is 5.56 Å². The Labute approximate surface area is 99.6 Å². The first kappa shape index (κ1) is 14.0. The first-order valence-electron chi connectivity index (χ1n) is 4.63. The summed E-state index contributed by atoms with van der Waals surface area (Å²) in [4.78, 5) is 10.7. The number of ether oxygens (including phenoxy) is 2. The Hall–Kier alpha value is -2.05. The van der Waals surface area contributed by atoms with E-state index < -0.39 is 23.9 Å². The van der Waals surface area contributed by atoms with Crippen molar-refractivity contribution in [2.45, 2.75) is 6.36 Å². The minimum atomic E-state index is -4.95. The first-order chi connectivity index (χ1) is 8.31. The molecule has 1 rings (SSSR count). The number of halogens is 4. The van der Waals surface area contributed by atoms with Gasteiger partial charge < -0.3 is 9.47 Å². The van der Waals surface area contributed by atoms with Crippen molar-refractivity contribution in [2.75, 3.05) is 7.11 Å². The average Bonchev–Trinajstić information content (AvgIpc) is 2.27. The number of carbonyl (C=O) groups excluding carboxylic acids is 1. The third kappa shape index (κ3) is 4.44. The average molecular weight is 264 g/mol. The van der Waals surface area contributed by atoms with Crippen molar-refractivity contribution in [3.8, 4) is 5.75 Å². The van der Waals surface area contributed by atoms with Gasteiger partial charge in [-0.15, -0.1) is 13.2 Å². The van der Waals surface area contributed by atoms with Gasteiger partial charge >= 0.3 is 12.3 Å². The number of alkyl halides is 3. The van der Waals surface area contributed by atoms with E-state index in [0.717, 1.165) is 25.3 Å². The Morgan fingerprint density at radius 2 is 2.00 bits per heavy atom. The van der Waals surface area contributed by atoms with Crippen molar-refractivity contribution in [2.24, 2.45) is 0 Å². The summed E-state index contributed by atoms with van der Waals surface area (Å²) in [6, 6.07) is 2.80. The number of esters is 1. The Morgan fingerprint density at radius 3 is 2.50 bits per heavy atom. The van der Waals surface area contributed by atoms with E-state index in [2.05, 4.69) is 9.47 Å². The number of methoxy groups -OCH3 is 1. The lowest BCUT2D eigenvalue weighted by atomic mass is 10.2. The van der Waals surface area contributed by atoms with Gasteiger partial charge in [0.15, 0.2) is 11.6 Å². The molecule has 0 saturated heterocycles. The summed E-state index contributed by atoms with van der Waals surface area (Å²) in [5.41, 5.74) is 0.201. The van der Waals surface area contributed by atoms with E-state index in [0.29, 0.717) is 0 Å². The number of hydrogen-bond donors (Lipinski definition) is 0. The second kappa shape index (κ2) is 5.52. The summed E-state index contributed by atoms with van der Waals surface area (Å²) < 4.78 is 56.5. The topological polar surface area (TPSA) is 35.5 Å². The molecule has 0 aromatic heterocycles. The zero-order valence-electron chi connectivity index (χ0n) is 9.12. The van der Waals surface area contributed by atoms with Crippen LogP contribution in [0.4, 0.5) is 17.6 Å². The van der Waals surface area contributed by atoms with Crippen LogP contribution in [-0.2, 0) is 9.53 Å². The smallest absolute Gasteiger partial charge is 0.466 e. The lowest BCUT2D eigenvalue weighted by Gasteiger charge is -2.09. The summed E-state index contributed by atoms with van der Waals surface area (Å²) in [5.74, 6) is -2.77. The van der Waals surface area contributed by atoms with Crippen LogP contribution in [0, 0.1) is 5.82 Å². The minimum Gasteiger partial charge on any atom is -0.466 e. The maximum atomic E-state index is 13.2. The Balaban J connectivity index is 2.86. The highest BCUT2D eigenvalue weighted by Gasteiger charge is 2.32. The maximum absolute atomic E-state index is 13.2. The third-order valence-corrected chi connectivity index (χ3v) is 1.79. The molecule has 0 radical (unpaired) electrons. The molecule has 3 nitrogen and oxygen atoms in total. The lowest BCUT2D eigenvalue weighted by Crippen LogP contribution is -2.17. The van der Waals surface area contributed by atoms with Gasteiger partial charge in [0, 0.05) is 6.08 Å². The van der Waals surface area contributed by atoms with Crippen LogP contribution >= 0.6 is 0 Å². The van der Waals surface area contributed by atoms with E-state index in [4.69, 9.17) is 0 Å². The predicted molar refractivity (Wildman–Crippen MR) is 54.1 cm³/mol. The van der Waals surface area contributed by atoms with Gasteiger partial charge in [0.05, 0.1) is 7.11 Å². The standard InChI is InChI=1S/C11H8F4O3/c1-17-10(16)5-3-7-2-4-9(8(12)6-7)18-11(13,14)15/h2-6H,1H3. The number of hydrogen-bond acceptors (Lipinski definition) is 3. The molecular formula is C11H8F4O3. The molecule has 0 saturated carbocycles. The number of carbonyl (C=O) groups is 1. The summed E-state index contributed by atoms with van der Waals surface area (Å²) in [5, 5.41) is 0. The Morgan fingerprint density at radius 1 is 1.33 bits per heavy atom. The van der Waals surface area contributed by atoms with Crippen molar-refractivity contribution >= 4 is 12.0 Å². The van der Waals surface area contributed by atoms with Crippen molar-refractivity contribution in [3.63, 3.8) is 0 Å². The van der Waals surface area contributed by atoms with Gasteiger partial charge in [-0.3, -0.25) is 0 Å². The molecule has 0 amide bonds. The summed E-state index contributed by atoms with van der Waals surface area (Å²) in [6.07, 6.45) is -2.74. The van der Waals surface area contributed by atoms with Gasteiger partial charge in [0.2, 0.25) is 0 Å². The number of benzene rings is 1. The van der Waals surface area contributed by atoms with Gasteiger partial charge in [-0.1, -0.05) is 6.07 Å². The fourth-order valence-electron chi connectivity index (χ4n) is 1.06. The van der Waals surface area contributed by atoms with Gasteiger partial charge in [0.1, 0.15) is 0 Å². The maximum Gasteiger partial charge on any atom is 0.573 e. The second-order valence-electron chi connectivity index (χ2n) is 3.09.